The van der Waals surface area contributed by atoms with Gasteiger partial charge in [-0.2, -0.15) is 12.6 Å². The molecule has 3 aliphatic carbocycles. The molecular formula is C30H52OS. The average molecular weight is 461 g/mol. The molecule has 2 saturated carbocycles. The lowest BCUT2D eigenvalue weighted by Crippen LogP contribution is -2.16. The van der Waals surface area contributed by atoms with Crippen LogP contribution in [0.1, 0.15) is 110 Å². The summed E-state index contributed by atoms with van der Waals surface area (Å²) in [6.07, 6.45) is 31.7. The largest absolute Gasteiger partial charge is 0.389 e. The van der Waals surface area contributed by atoms with Crippen molar-refractivity contribution in [1.29, 1.82) is 0 Å². The molecule has 0 aliphatic heterocycles. The second-order valence-electron chi connectivity index (χ2n) is 9.98. The molecule has 0 aromatic heterocycles. The quantitative estimate of drug-likeness (QED) is 0.199. The van der Waals surface area contributed by atoms with Crippen LogP contribution in [-0.2, 0) is 0 Å². The summed E-state index contributed by atoms with van der Waals surface area (Å²) >= 11 is 3.53. The zero-order valence-corrected chi connectivity index (χ0v) is 22.3. The highest BCUT2D eigenvalue weighted by molar-refractivity contribution is 7.79. The zero-order valence-electron chi connectivity index (χ0n) is 21.4. The molecule has 1 nitrogen and oxygen atoms in total. The standard InChI is InChI=1S/C21H34O.C8H14.CH4S/c1-16-7-9-20(15-16)18-10-12-19(13-11-18)21(22)14-8-17-5-3-2-4-6-17;1-3-5-7-8-6-4-2;1-2/h10,12,16-17,20-22H,2-9,11,13-15H2,1H3;3-4,6H,1,5,7-8H2,2H3;2H,1H3/b;6-4-;. The molecule has 0 bridgehead atoms. The van der Waals surface area contributed by atoms with Gasteiger partial charge in [-0.1, -0.05) is 81.4 Å². The first-order valence-electron chi connectivity index (χ1n) is 13.4. The van der Waals surface area contributed by atoms with E-state index in [-0.39, 0.29) is 6.10 Å². The van der Waals surface area contributed by atoms with Crippen LogP contribution in [0.15, 0.2) is 48.1 Å². The summed E-state index contributed by atoms with van der Waals surface area (Å²) in [4.78, 5) is 0. The molecule has 2 fully saturated rings. The molecule has 3 atom stereocenters. The Morgan fingerprint density at radius 3 is 2.38 bits per heavy atom. The number of hydrogen-bond acceptors (Lipinski definition) is 2. The number of hydrogen-bond donors (Lipinski definition) is 2. The number of rotatable bonds is 9. The van der Waals surface area contributed by atoms with Gasteiger partial charge in [0, 0.05) is 0 Å². The summed E-state index contributed by atoms with van der Waals surface area (Å²) < 4.78 is 0. The lowest BCUT2D eigenvalue weighted by atomic mass is 9.82. The third kappa shape index (κ3) is 11.9. The lowest BCUT2D eigenvalue weighted by Gasteiger charge is -2.25. The second kappa shape index (κ2) is 18.7. The van der Waals surface area contributed by atoms with Gasteiger partial charge in [0.25, 0.3) is 0 Å². The first kappa shape index (κ1) is 29.3. The molecule has 0 aromatic carbocycles. The van der Waals surface area contributed by atoms with Crippen LogP contribution in [0.2, 0.25) is 0 Å². The molecule has 1 N–H and O–H groups in total. The first-order valence-corrected chi connectivity index (χ1v) is 14.3. The molecule has 0 amide bonds. The summed E-state index contributed by atoms with van der Waals surface area (Å²) in [5.74, 6) is 2.64. The SMILES string of the molecule is C=CCCC/C=C\C.CC1CCC(C2=CC=C(C(O)CCC3CCCCC3)CC2)C1.CS. The molecule has 32 heavy (non-hydrogen) atoms. The van der Waals surface area contributed by atoms with E-state index in [1.165, 1.54) is 82.6 Å². The minimum atomic E-state index is -0.178. The molecule has 0 radical (unpaired) electrons. The van der Waals surface area contributed by atoms with E-state index in [1.54, 1.807) is 11.8 Å². The van der Waals surface area contributed by atoms with Crippen LogP contribution in [0.3, 0.4) is 0 Å². The Hall–Kier alpha value is -0.730. The molecule has 0 aromatic rings. The maximum absolute atomic E-state index is 10.5. The fraction of sp³-hybridized carbons (Fsp3) is 0.733. The second-order valence-corrected chi connectivity index (χ2v) is 9.98. The Labute approximate surface area is 206 Å². The molecule has 3 aliphatic rings. The Morgan fingerprint density at radius 2 is 1.81 bits per heavy atom. The summed E-state index contributed by atoms with van der Waals surface area (Å²) in [7, 11) is 0. The van der Waals surface area contributed by atoms with E-state index in [1.807, 2.05) is 13.0 Å². The van der Waals surface area contributed by atoms with E-state index in [0.717, 1.165) is 37.0 Å². The van der Waals surface area contributed by atoms with Crippen molar-refractivity contribution in [2.45, 2.75) is 116 Å². The highest BCUT2D eigenvalue weighted by atomic mass is 32.1. The molecule has 0 spiro atoms. The van der Waals surface area contributed by atoms with Gasteiger partial charge < -0.3 is 5.11 Å². The monoisotopic (exact) mass is 460 g/mol. The number of thiol groups is 1. The van der Waals surface area contributed by atoms with Crippen LogP contribution in [0.5, 0.6) is 0 Å². The van der Waals surface area contributed by atoms with Crippen LogP contribution < -0.4 is 0 Å². The van der Waals surface area contributed by atoms with Gasteiger partial charge in [-0.15, -0.1) is 6.58 Å². The van der Waals surface area contributed by atoms with Crippen LogP contribution in [0.4, 0.5) is 0 Å². The number of unbranched alkanes of at least 4 members (excludes halogenated alkanes) is 2. The van der Waals surface area contributed by atoms with E-state index in [4.69, 9.17) is 0 Å². The summed E-state index contributed by atoms with van der Waals surface area (Å²) in [5, 5.41) is 10.5. The fourth-order valence-corrected chi connectivity index (χ4v) is 5.43. The molecule has 2 heteroatoms. The van der Waals surface area contributed by atoms with Gasteiger partial charge in [0.1, 0.15) is 0 Å². The third-order valence-electron chi connectivity index (χ3n) is 7.45. The lowest BCUT2D eigenvalue weighted by molar-refractivity contribution is 0.177. The average Bonchev–Trinajstić information content (AvgIpc) is 3.29. The van der Waals surface area contributed by atoms with Crippen molar-refractivity contribution in [3.63, 3.8) is 0 Å². The van der Waals surface area contributed by atoms with Gasteiger partial charge in [-0.25, -0.2) is 0 Å². The van der Waals surface area contributed by atoms with Crippen molar-refractivity contribution < 1.29 is 5.11 Å². The van der Waals surface area contributed by atoms with Gasteiger partial charge in [-0.3, -0.25) is 0 Å². The third-order valence-corrected chi connectivity index (χ3v) is 7.45. The van der Waals surface area contributed by atoms with Crippen LogP contribution in [0, 0.1) is 17.8 Å². The van der Waals surface area contributed by atoms with Crippen molar-refractivity contribution in [3.05, 3.63) is 48.1 Å². The van der Waals surface area contributed by atoms with Gasteiger partial charge in [-0.05, 0) is 94.3 Å². The predicted molar refractivity (Wildman–Crippen MR) is 147 cm³/mol. The van der Waals surface area contributed by atoms with Crippen molar-refractivity contribution in [2.75, 3.05) is 6.26 Å². The van der Waals surface area contributed by atoms with E-state index in [2.05, 4.69) is 50.4 Å². The van der Waals surface area contributed by atoms with Crippen LogP contribution in [0.25, 0.3) is 0 Å². The van der Waals surface area contributed by atoms with Crippen molar-refractivity contribution in [3.8, 4) is 0 Å². The van der Waals surface area contributed by atoms with Gasteiger partial charge in [0.05, 0.1) is 6.10 Å². The topological polar surface area (TPSA) is 20.2 Å². The van der Waals surface area contributed by atoms with Crippen molar-refractivity contribution in [1.82, 2.24) is 0 Å². The van der Waals surface area contributed by atoms with Gasteiger partial charge in [0.2, 0.25) is 0 Å². The molecule has 3 rings (SSSR count). The molecule has 0 saturated heterocycles. The summed E-state index contributed by atoms with van der Waals surface area (Å²) in [6, 6.07) is 0. The maximum atomic E-state index is 10.5. The zero-order chi connectivity index (χ0) is 23.6. The van der Waals surface area contributed by atoms with E-state index in [0.29, 0.717) is 0 Å². The van der Waals surface area contributed by atoms with Crippen molar-refractivity contribution in [2.24, 2.45) is 17.8 Å². The minimum absolute atomic E-state index is 0.178. The number of aliphatic hydroxyl groups excluding tert-OH is 1. The van der Waals surface area contributed by atoms with E-state index >= 15 is 0 Å². The van der Waals surface area contributed by atoms with E-state index in [9.17, 15) is 5.11 Å². The minimum Gasteiger partial charge on any atom is -0.389 e. The van der Waals surface area contributed by atoms with Crippen LogP contribution in [-0.4, -0.2) is 17.5 Å². The first-order chi connectivity index (χ1) is 15.6. The van der Waals surface area contributed by atoms with Gasteiger partial charge in [0.15, 0.2) is 0 Å². The molecule has 3 unspecified atom stereocenters. The van der Waals surface area contributed by atoms with Crippen molar-refractivity contribution >= 4 is 12.6 Å². The highest BCUT2D eigenvalue weighted by Crippen LogP contribution is 2.39. The smallest absolute Gasteiger partial charge is 0.0753 e. The Balaban J connectivity index is 0.000000436. The Morgan fingerprint density at radius 1 is 1.06 bits per heavy atom. The van der Waals surface area contributed by atoms with Crippen LogP contribution >= 0.6 is 12.6 Å². The molecular weight excluding hydrogens is 408 g/mol. The normalized spacial score (nSPS) is 24.5. The molecule has 0 heterocycles. The number of allylic oxidation sites excluding steroid dienone is 6. The molecule has 184 valence electrons. The Bertz CT molecular complexity index is 567. The Kier molecular flexibility index (Phi) is 17.1. The fourth-order valence-electron chi connectivity index (χ4n) is 5.43. The summed E-state index contributed by atoms with van der Waals surface area (Å²) in [6.45, 7) is 8.07. The number of aliphatic hydroxyl groups is 1. The predicted octanol–water partition coefficient (Wildman–Crippen LogP) is 9.26. The highest BCUT2D eigenvalue weighted by Gasteiger charge is 2.26. The van der Waals surface area contributed by atoms with Gasteiger partial charge >= 0.3 is 0 Å². The van der Waals surface area contributed by atoms with E-state index < -0.39 is 0 Å². The maximum Gasteiger partial charge on any atom is 0.0753 e. The summed E-state index contributed by atoms with van der Waals surface area (Å²) in [5.41, 5.74) is 2.96.